The second-order valence-electron chi connectivity index (χ2n) is 7.20. The predicted octanol–water partition coefficient (Wildman–Crippen LogP) is 6.99. The van der Waals surface area contributed by atoms with Crippen molar-refractivity contribution in [3.05, 3.63) is 75.8 Å². The lowest BCUT2D eigenvalue weighted by atomic mass is 10.0. The summed E-state index contributed by atoms with van der Waals surface area (Å²) >= 11 is 0. The molecule has 164 valence electrons. The number of nitrogens with zero attached hydrogens (tertiary/aromatic N) is 1. The van der Waals surface area contributed by atoms with E-state index < -0.39 is 4.92 Å². The molecule has 0 saturated carbocycles. The van der Waals surface area contributed by atoms with E-state index in [1.807, 2.05) is 0 Å². The quantitative estimate of drug-likeness (QED) is 0.154. The van der Waals surface area contributed by atoms with Gasteiger partial charge in [-0.2, -0.15) is 0 Å². The number of ketones is 1. The van der Waals surface area contributed by atoms with Crippen LogP contribution in [-0.4, -0.2) is 23.9 Å². The van der Waals surface area contributed by atoms with E-state index in [1.165, 1.54) is 63.5 Å². The molecule has 30 heavy (non-hydrogen) atoms. The minimum atomic E-state index is -0.545. The maximum absolute atomic E-state index is 12.1. The van der Waals surface area contributed by atoms with Gasteiger partial charge in [-0.05, 0) is 18.9 Å². The fourth-order valence-corrected chi connectivity index (χ4v) is 2.93. The van der Waals surface area contributed by atoms with Gasteiger partial charge >= 0.3 is 0 Å². The van der Waals surface area contributed by atoms with Gasteiger partial charge in [0, 0.05) is 24.8 Å². The van der Waals surface area contributed by atoms with Gasteiger partial charge in [-0.3, -0.25) is 14.9 Å². The molecule has 0 aliphatic carbocycles. The fraction of sp³-hybridized carbons (Fsp3) is 0.480. The molecule has 0 aliphatic heterocycles. The number of ether oxygens (including phenoxy) is 1. The van der Waals surface area contributed by atoms with E-state index in [4.69, 9.17) is 4.74 Å². The van der Waals surface area contributed by atoms with Crippen molar-refractivity contribution in [3.63, 3.8) is 0 Å². The Morgan fingerprint density at radius 1 is 0.800 bits per heavy atom. The van der Waals surface area contributed by atoms with Crippen LogP contribution >= 0.6 is 0 Å². The van der Waals surface area contributed by atoms with Crippen molar-refractivity contribution in [1.29, 1.82) is 0 Å². The second kappa shape index (κ2) is 16.3. The van der Waals surface area contributed by atoms with Gasteiger partial charge in [0.05, 0.1) is 4.92 Å². The van der Waals surface area contributed by atoms with E-state index in [0.29, 0.717) is 5.56 Å². The molecule has 0 unspecified atom stereocenters. The van der Waals surface area contributed by atoms with Crippen LogP contribution in [0.4, 0.5) is 5.69 Å². The molecule has 0 heterocycles. The van der Waals surface area contributed by atoms with Gasteiger partial charge in [0.25, 0.3) is 5.69 Å². The van der Waals surface area contributed by atoms with Crippen molar-refractivity contribution in [2.45, 2.75) is 65.2 Å². The first kappa shape index (κ1) is 25.5. The zero-order valence-corrected chi connectivity index (χ0v) is 18.3. The van der Waals surface area contributed by atoms with E-state index in [1.54, 1.807) is 42.5 Å². The molecule has 0 aromatic heterocycles. The third-order valence-electron chi connectivity index (χ3n) is 4.67. The summed E-state index contributed by atoms with van der Waals surface area (Å²) in [6.45, 7) is 6.44. The van der Waals surface area contributed by atoms with Crippen molar-refractivity contribution in [2.75, 3.05) is 13.2 Å². The van der Waals surface area contributed by atoms with Crippen LogP contribution in [0.5, 0.6) is 0 Å². The standard InChI is InChI=1S/C13H9NO3.C12H26O/c15-13(10-6-2-1-3-7-10)11-8-4-5-9-12(11)14(16)17;1-3-5-7-9-11-13-12-10-8-6-4-2/h1-9H;3-12H2,1-2H3. The summed E-state index contributed by atoms with van der Waals surface area (Å²) in [5.74, 6) is -0.335. The monoisotopic (exact) mass is 413 g/mol. The highest BCUT2D eigenvalue weighted by Crippen LogP contribution is 2.20. The molecule has 0 fully saturated rings. The highest BCUT2D eigenvalue weighted by atomic mass is 16.6. The SMILES string of the molecule is CCCCCCOCCCCCC.O=C(c1ccccc1)c1ccccc1[N+](=O)[O-]. The second-order valence-corrected chi connectivity index (χ2v) is 7.20. The van der Waals surface area contributed by atoms with Gasteiger partial charge < -0.3 is 4.74 Å². The van der Waals surface area contributed by atoms with Gasteiger partial charge in [-0.25, -0.2) is 0 Å². The fourth-order valence-electron chi connectivity index (χ4n) is 2.93. The number of unbranched alkanes of at least 4 members (excludes halogenated alkanes) is 6. The molecule has 0 aliphatic rings. The molecular weight excluding hydrogens is 378 g/mol. The van der Waals surface area contributed by atoms with Crippen molar-refractivity contribution >= 4 is 11.5 Å². The Morgan fingerprint density at radius 2 is 1.33 bits per heavy atom. The molecule has 2 rings (SSSR count). The first-order chi connectivity index (χ1) is 14.6. The lowest BCUT2D eigenvalue weighted by molar-refractivity contribution is -0.385. The summed E-state index contributed by atoms with van der Waals surface area (Å²) in [5, 5.41) is 10.8. The predicted molar refractivity (Wildman–Crippen MR) is 122 cm³/mol. The van der Waals surface area contributed by atoms with Gasteiger partial charge in [0.1, 0.15) is 5.56 Å². The van der Waals surface area contributed by atoms with Crippen molar-refractivity contribution in [3.8, 4) is 0 Å². The summed E-state index contributed by atoms with van der Waals surface area (Å²) in [5.41, 5.74) is 0.395. The molecule has 5 heteroatoms. The van der Waals surface area contributed by atoms with E-state index >= 15 is 0 Å². The van der Waals surface area contributed by atoms with Crippen LogP contribution in [0.1, 0.15) is 81.1 Å². The van der Waals surface area contributed by atoms with Crippen molar-refractivity contribution in [1.82, 2.24) is 0 Å². The molecule has 0 N–H and O–H groups in total. The van der Waals surface area contributed by atoms with Crippen LogP contribution in [-0.2, 0) is 4.74 Å². The summed E-state index contributed by atoms with van der Waals surface area (Å²) < 4.78 is 5.53. The van der Waals surface area contributed by atoms with Crippen LogP contribution in [0.15, 0.2) is 54.6 Å². The molecule has 0 radical (unpaired) electrons. The largest absolute Gasteiger partial charge is 0.381 e. The Morgan fingerprint density at radius 3 is 1.87 bits per heavy atom. The van der Waals surface area contributed by atoms with Gasteiger partial charge in [-0.15, -0.1) is 0 Å². The summed E-state index contributed by atoms with van der Waals surface area (Å²) in [4.78, 5) is 22.3. The Kier molecular flexibility index (Phi) is 13.8. The molecule has 0 saturated heterocycles. The van der Waals surface area contributed by atoms with Crippen molar-refractivity contribution < 1.29 is 14.5 Å². The van der Waals surface area contributed by atoms with Crippen LogP contribution < -0.4 is 0 Å². The Balaban J connectivity index is 0.000000314. The normalized spacial score (nSPS) is 10.2. The molecule has 0 amide bonds. The smallest absolute Gasteiger partial charge is 0.280 e. The first-order valence-electron chi connectivity index (χ1n) is 11.0. The van der Waals surface area contributed by atoms with E-state index in [-0.39, 0.29) is 17.0 Å². The minimum absolute atomic E-state index is 0.115. The Labute approximate surface area is 180 Å². The average Bonchev–Trinajstić information content (AvgIpc) is 2.78. The number of benzene rings is 2. The maximum Gasteiger partial charge on any atom is 0.280 e. The lowest BCUT2D eigenvalue weighted by Gasteiger charge is -2.03. The zero-order chi connectivity index (χ0) is 22.0. The molecule has 2 aromatic carbocycles. The minimum Gasteiger partial charge on any atom is -0.381 e. The van der Waals surface area contributed by atoms with Gasteiger partial charge in [-0.1, -0.05) is 94.8 Å². The first-order valence-corrected chi connectivity index (χ1v) is 11.0. The Hall–Kier alpha value is -2.53. The number of hydrogen-bond donors (Lipinski definition) is 0. The molecule has 2 aromatic rings. The molecule has 0 bridgehead atoms. The van der Waals surface area contributed by atoms with Gasteiger partial charge in [0.2, 0.25) is 0 Å². The topological polar surface area (TPSA) is 69.4 Å². The number of carbonyl (C=O) groups is 1. The third kappa shape index (κ3) is 10.3. The number of nitro benzene ring substituents is 1. The highest BCUT2D eigenvalue weighted by Gasteiger charge is 2.19. The summed E-state index contributed by atoms with van der Waals surface area (Å²) in [6.07, 6.45) is 10.5. The summed E-state index contributed by atoms with van der Waals surface area (Å²) in [7, 11) is 0. The molecule has 5 nitrogen and oxygen atoms in total. The molecule has 0 spiro atoms. The van der Waals surface area contributed by atoms with E-state index in [0.717, 1.165) is 13.2 Å². The summed E-state index contributed by atoms with van der Waals surface area (Å²) in [6, 6.07) is 14.5. The van der Waals surface area contributed by atoms with Crippen LogP contribution in [0.3, 0.4) is 0 Å². The number of hydrogen-bond acceptors (Lipinski definition) is 4. The molecular formula is C25H35NO4. The van der Waals surface area contributed by atoms with Crippen LogP contribution in [0.2, 0.25) is 0 Å². The average molecular weight is 414 g/mol. The van der Waals surface area contributed by atoms with E-state index in [9.17, 15) is 14.9 Å². The van der Waals surface area contributed by atoms with Gasteiger partial charge in [0.15, 0.2) is 5.78 Å². The number of para-hydroxylation sites is 1. The zero-order valence-electron chi connectivity index (χ0n) is 18.3. The Bertz CT molecular complexity index is 721. The lowest BCUT2D eigenvalue weighted by Crippen LogP contribution is -2.04. The number of carbonyl (C=O) groups excluding carboxylic acids is 1. The van der Waals surface area contributed by atoms with Crippen LogP contribution in [0.25, 0.3) is 0 Å². The van der Waals surface area contributed by atoms with E-state index in [2.05, 4.69) is 13.8 Å². The third-order valence-corrected chi connectivity index (χ3v) is 4.67. The molecule has 0 atom stereocenters. The van der Waals surface area contributed by atoms with Crippen LogP contribution in [0, 0.1) is 10.1 Å². The van der Waals surface area contributed by atoms with Crippen molar-refractivity contribution in [2.24, 2.45) is 0 Å². The number of nitro groups is 1. The maximum atomic E-state index is 12.1. The number of rotatable bonds is 13. The highest BCUT2D eigenvalue weighted by molar-refractivity contribution is 6.11.